The molecule has 8 nitrogen and oxygen atoms in total. The third kappa shape index (κ3) is 3.84. The van der Waals surface area contributed by atoms with Crippen molar-refractivity contribution < 1.29 is 17.9 Å². The molecule has 3 rings (SSSR count). The molecule has 1 aromatic heterocycles. The van der Waals surface area contributed by atoms with E-state index in [2.05, 4.69) is 4.98 Å². The Kier molecular flexibility index (Phi) is 5.79. The van der Waals surface area contributed by atoms with Gasteiger partial charge in [-0.25, -0.2) is 13.4 Å². The monoisotopic (exact) mass is 382 g/mol. The summed E-state index contributed by atoms with van der Waals surface area (Å²) in [6, 6.07) is 3.47. The lowest BCUT2D eigenvalue weighted by molar-refractivity contribution is 0.0686. The number of morpholine rings is 1. The zero-order valence-corrected chi connectivity index (χ0v) is 16.1. The zero-order chi connectivity index (χ0) is 18.7. The molecule has 0 aromatic carbocycles. The molecule has 2 fully saturated rings. The number of nitrogens with zero attached hydrogens (tertiary/aromatic N) is 4. The summed E-state index contributed by atoms with van der Waals surface area (Å²) in [7, 11) is 0.242. The number of pyridine rings is 1. The van der Waals surface area contributed by atoms with Gasteiger partial charge in [0, 0.05) is 46.5 Å². The molecular weight excluding hydrogens is 356 g/mol. The smallest absolute Gasteiger partial charge is 0.257 e. The molecule has 0 N–H and O–H groups in total. The van der Waals surface area contributed by atoms with Crippen LogP contribution in [0.4, 0.5) is 5.82 Å². The molecule has 2 aliphatic rings. The van der Waals surface area contributed by atoms with Crippen molar-refractivity contribution in [2.24, 2.45) is 0 Å². The molecule has 0 aliphatic carbocycles. The van der Waals surface area contributed by atoms with E-state index in [0.717, 1.165) is 0 Å². The summed E-state index contributed by atoms with van der Waals surface area (Å²) in [5.41, 5.74) is 0.502. The van der Waals surface area contributed by atoms with Gasteiger partial charge >= 0.3 is 0 Å². The van der Waals surface area contributed by atoms with Gasteiger partial charge in [0.05, 0.1) is 24.0 Å². The van der Waals surface area contributed by atoms with Crippen LogP contribution in [-0.4, -0.2) is 87.3 Å². The maximum absolute atomic E-state index is 13.0. The van der Waals surface area contributed by atoms with Crippen LogP contribution in [0.25, 0.3) is 0 Å². The van der Waals surface area contributed by atoms with Crippen molar-refractivity contribution in [1.82, 2.24) is 14.2 Å². The van der Waals surface area contributed by atoms with Crippen molar-refractivity contribution in [3.8, 4) is 0 Å². The Bertz CT molecular complexity index is 747. The number of carbonyl (C=O) groups is 1. The van der Waals surface area contributed by atoms with Gasteiger partial charge < -0.3 is 14.5 Å². The number of likely N-dealkylation sites (tertiary alicyclic amines) is 1. The van der Waals surface area contributed by atoms with Gasteiger partial charge in [-0.3, -0.25) is 4.79 Å². The number of carbonyl (C=O) groups excluding carboxylic acids is 1. The molecule has 1 aromatic rings. The fourth-order valence-corrected chi connectivity index (χ4v) is 5.38. The van der Waals surface area contributed by atoms with Crippen LogP contribution in [0.1, 0.15) is 23.2 Å². The van der Waals surface area contributed by atoms with E-state index in [0.29, 0.717) is 57.1 Å². The molecule has 9 heteroatoms. The SMILES string of the molecule is CN(C)c1ncccc1C(=O)N1CCC[C@@H](S(=O)(=O)N2CCOCC2)C1. The summed E-state index contributed by atoms with van der Waals surface area (Å²) in [4.78, 5) is 20.7. The molecule has 0 saturated carbocycles. The van der Waals surface area contributed by atoms with Gasteiger partial charge in [0.25, 0.3) is 5.91 Å². The fourth-order valence-electron chi connectivity index (χ4n) is 3.47. The summed E-state index contributed by atoms with van der Waals surface area (Å²) in [6.07, 6.45) is 2.91. The maximum Gasteiger partial charge on any atom is 0.257 e. The predicted octanol–water partition coefficient (Wildman–Crippen LogP) is 0.414. The standard InChI is InChI=1S/C17H26N4O4S/c1-19(2)16-15(6-3-7-18-16)17(22)20-8-4-5-14(13-20)26(23,24)21-9-11-25-12-10-21/h3,6-7,14H,4-5,8-13H2,1-2H3/t14-/m1/s1. The molecular formula is C17H26N4O4S. The quantitative estimate of drug-likeness (QED) is 0.750. The molecule has 1 atom stereocenters. The van der Waals surface area contributed by atoms with E-state index in [9.17, 15) is 13.2 Å². The highest BCUT2D eigenvalue weighted by molar-refractivity contribution is 7.89. The van der Waals surface area contributed by atoms with Crippen LogP contribution in [0.3, 0.4) is 0 Å². The molecule has 144 valence electrons. The maximum atomic E-state index is 13.0. The van der Waals surface area contributed by atoms with Crippen LogP contribution < -0.4 is 4.90 Å². The van der Waals surface area contributed by atoms with Crippen molar-refractivity contribution in [3.05, 3.63) is 23.9 Å². The van der Waals surface area contributed by atoms with Crippen molar-refractivity contribution in [2.75, 3.05) is 58.4 Å². The third-order valence-corrected chi connectivity index (χ3v) is 7.17. The fraction of sp³-hybridized carbons (Fsp3) is 0.647. The zero-order valence-electron chi connectivity index (χ0n) is 15.3. The van der Waals surface area contributed by atoms with E-state index in [-0.39, 0.29) is 12.5 Å². The lowest BCUT2D eigenvalue weighted by Crippen LogP contribution is -2.51. The largest absolute Gasteiger partial charge is 0.379 e. The number of hydrogen-bond donors (Lipinski definition) is 0. The first kappa shape index (κ1) is 19.1. The number of sulfonamides is 1. The van der Waals surface area contributed by atoms with Gasteiger partial charge in [-0.2, -0.15) is 4.31 Å². The molecule has 2 aliphatic heterocycles. The molecule has 1 amide bonds. The number of hydrogen-bond acceptors (Lipinski definition) is 6. The molecule has 0 spiro atoms. The van der Waals surface area contributed by atoms with Gasteiger partial charge in [0.15, 0.2) is 0 Å². The van der Waals surface area contributed by atoms with E-state index in [4.69, 9.17) is 4.74 Å². The Hall–Kier alpha value is -1.71. The second kappa shape index (κ2) is 7.89. The van der Waals surface area contributed by atoms with Crippen LogP contribution in [0.5, 0.6) is 0 Å². The van der Waals surface area contributed by atoms with Crippen molar-refractivity contribution in [1.29, 1.82) is 0 Å². The van der Waals surface area contributed by atoms with Crippen LogP contribution in [0.15, 0.2) is 18.3 Å². The predicted molar refractivity (Wildman–Crippen MR) is 98.8 cm³/mol. The summed E-state index contributed by atoms with van der Waals surface area (Å²) < 4.78 is 32.6. The molecule has 0 unspecified atom stereocenters. The molecule has 3 heterocycles. The molecule has 2 saturated heterocycles. The van der Waals surface area contributed by atoms with Gasteiger partial charge in [-0.1, -0.05) is 0 Å². The molecule has 26 heavy (non-hydrogen) atoms. The van der Waals surface area contributed by atoms with E-state index in [1.54, 1.807) is 28.1 Å². The summed E-state index contributed by atoms with van der Waals surface area (Å²) in [5.74, 6) is 0.430. The first-order valence-electron chi connectivity index (χ1n) is 8.89. The third-order valence-electron chi connectivity index (χ3n) is 4.86. The van der Waals surface area contributed by atoms with Crippen LogP contribution in [-0.2, 0) is 14.8 Å². The molecule has 0 radical (unpaired) electrons. The first-order valence-corrected chi connectivity index (χ1v) is 10.4. The van der Waals surface area contributed by atoms with Gasteiger partial charge in [-0.05, 0) is 25.0 Å². The second-order valence-corrected chi connectivity index (χ2v) is 9.05. The van der Waals surface area contributed by atoms with Gasteiger partial charge in [0.1, 0.15) is 5.82 Å². The van der Waals surface area contributed by atoms with Gasteiger partial charge in [-0.15, -0.1) is 0 Å². The van der Waals surface area contributed by atoms with Crippen LogP contribution in [0, 0.1) is 0 Å². The minimum absolute atomic E-state index is 0.163. The van der Waals surface area contributed by atoms with Crippen LogP contribution >= 0.6 is 0 Å². The molecule has 0 bridgehead atoms. The van der Waals surface area contributed by atoms with E-state index in [1.165, 1.54) is 4.31 Å². The Balaban J connectivity index is 1.77. The highest BCUT2D eigenvalue weighted by Crippen LogP contribution is 2.24. The highest BCUT2D eigenvalue weighted by atomic mass is 32.2. The topological polar surface area (TPSA) is 83.1 Å². The number of ether oxygens (including phenoxy) is 1. The number of amides is 1. The average molecular weight is 382 g/mol. The number of aromatic nitrogens is 1. The summed E-state index contributed by atoms with van der Waals surface area (Å²) in [5, 5.41) is -0.558. The van der Waals surface area contributed by atoms with Gasteiger partial charge in [0.2, 0.25) is 10.0 Å². The number of piperidine rings is 1. The number of anilines is 1. The van der Waals surface area contributed by atoms with E-state index < -0.39 is 15.3 Å². The normalized spacial score (nSPS) is 22.2. The van der Waals surface area contributed by atoms with Crippen molar-refractivity contribution >= 4 is 21.7 Å². The summed E-state index contributed by atoms with van der Waals surface area (Å²) >= 11 is 0. The van der Waals surface area contributed by atoms with Crippen molar-refractivity contribution in [3.63, 3.8) is 0 Å². The second-order valence-electron chi connectivity index (χ2n) is 6.84. The Morgan fingerprint density at radius 1 is 1.27 bits per heavy atom. The van der Waals surface area contributed by atoms with E-state index in [1.807, 2.05) is 14.1 Å². The average Bonchev–Trinajstić information content (AvgIpc) is 2.68. The minimum atomic E-state index is -3.43. The lowest BCUT2D eigenvalue weighted by atomic mass is 10.1. The Morgan fingerprint density at radius 2 is 2.00 bits per heavy atom. The number of rotatable bonds is 4. The lowest BCUT2D eigenvalue weighted by Gasteiger charge is -2.36. The van der Waals surface area contributed by atoms with Crippen molar-refractivity contribution in [2.45, 2.75) is 18.1 Å². The summed E-state index contributed by atoms with van der Waals surface area (Å²) in [6.45, 7) is 2.42. The highest BCUT2D eigenvalue weighted by Gasteiger charge is 2.37. The Morgan fingerprint density at radius 3 is 2.69 bits per heavy atom. The van der Waals surface area contributed by atoms with Crippen LogP contribution in [0.2, 0.25) is 0 Å². The first-order chi connectivity index (χ1) is 12.4. The minimum Gasteiger partial charge on any atom is -0.379 e. The Labute approximate surface area is 154 Å². The van der Waals surface area contributed by atoms with E-state index >= 15 is 0 Å².